The van der Waals surface area contributed by atoms with Gasteiger partial charge in [-0.15, -0.1) is 0 Å². The number of nitrogens with zero attached hydrogens (tertiary/aromatic N) is 2. The van der Waals surface area contributed by atoms with Gasteiger partial charge in [0.2, 0.25) is 15.9 Å². The molecule has 0 aromatic heterocycles. The number of fused-ring (bicyclic) bond motifs is 1. The highest BCUT2D eigenvalue weighted by molar-refractivity contribution is 7.90. The number of ether oxygens (including phenoxy) is 1. The summed E-state index contributed by atoms with van der Waals surface area (Å²) in [6.07, 6.45) is 2.46. The van der Waals surface area contributed by atoms with Crippen molar-refractivity contribution in [2.45, 2.75) is 71.5 Å². The number of nitrogens with one attached hydrogen (secondary N) is 1. The summed E-state index contributed by atoms with van der Waals surface area (Å²) in [6, 6.07) is -1.83. The molecule has 0 aromatic rings. The highest BCUT2D eigenvalue weighted by Gasteiger charge is 2.73. The van der Waals surface area contributed by atoms with Gasteiger partial charge < -0.3 is 4.74 Å². The van der Waals surface area contributed by atoms with Gasteiger partial charge in [-0.1, -0.05) is 20.8 Å². The van der Waals surface area contributed by atoms with Crippen LogP contribution in [0.4, 0.5) is 0 Å². The van der Waals surface area contributed by atoms with Crippen molar-refractivity contribution in [2.75, 3.05) is 12.9 Å². The zero-order valence-corrected chi connectivity index (χ0v) is 19.0. The van der Waals surface area contributed by atoms with Gasteiger partial charge in [0.15, 0.2) is 0 Å². The molecule has 168 valence electrons. The quantitative estimate of drug-likeness (QED) is 0.640. The topological polar surface area (TPSA) is 113 Å². The summed E-state index contributed by atoms with van der Waals surface area (Å²) in [4.78, 5) is 37.8. The Morgan fingerprint density at radius 3 is 2.47 bits per heavy atom. The van der Waals surface area contributed by atoms with E-state index in [4.69, 9.17) is 4.74 Å². The summed E-state index contributed by atoms with van der Waals surface area (Å²) in [5, 5.41) is 1.19. The van der Waals surface area contributed by atoms with Crippen LogP contribution >= 0.6 is 0 Å². The van der Waals surface area contributed by atoms with Crippen LogP contribution in [-0.2, 0) is 29.1 Å². The van der Waals surface area contributed by atoms with Crippen molar-refractivity contribution in [2.24, 2.45) is 22.7 Å². The third-order valence-electron chi connectivity index (χ3n) is 8.55. The van der Waals surface area contributed by atoms with E-state index in [-0.39, 0.29) is 23.6 Å². The van der Waals surface area contributed by atoms with Gasteiger partial charge in [-0.2, -0.15) is 0 Å². The first-order valence-electron chi connectivity index (χ1n) is 10.6. The van der Waals surface area contributed by atoms with Crippen molar-refractivity contribution in [3.8, 4) is 0 Å². The zero-order chi connectivity index (χ0) is 22.2. The minimum Gasteiger partial charge on any atom is -0.469 e. The summed E-state index contributed by atoms with van der Waals surface area (Å²) in [6.45, 7) is 7.33. The second-order valence-corrected chi connectivity index (χ2v) is 11.8. The van der Waals surface area contributed by atoms with Crippen LogP contribution in [0.1, 0.15) is 53.4 Å². The molecule has 2 aliphatic heterocycles. The molecule has 4 aliphatic rings. The first kappa shape index (κ1) is 21.5. The molecular weight excluding hydrogens is 410 g/mol. The van der Waals surface area contributed by atoms with Crippen molar-refractivity contribution < 1.29 is 27.5 Å². The van der Waals surface area contributed by atoms with Crippen molar-refractivity contribution in [1.29, 1.82) is 0 Å². The number of hydrogen-bond acceptors (Lipinski definition) is 7. The van der Waals surface area contributed by atoms with Crippen LogP contribution in [0, 0.1) is 22.7 Å². The standard InChI is InChI=1S/C20H31N3O6S/c1-11-14(9-16(25)29-5)21-22(12(2)24)17(11)18(26)23-15-8-13-6-7-20(15,19(13,3)4)10-30(23,27)28/h11,13-15,17,21H,6-10H2,1-5H3/t11-,13-,14-,15-,17-,20-/m0/s1. The molecule has 4 rings (SSSR count). The Bertz CT molecular complexity index is 902. The molecule has 10 heteroatoms. The lowest BCUT2D eigenvalue weighted by atomic mass is 9.69. The average molecular weight is 442 g/mol. The minimum absolute atomic E-state index is 0.0134. The minimum atomic E-state index is -3.79. The van der Waals surface area contributed by atoms with Gasteiger partial charge in [0.25, 0.3) is 5.91 Å². The molecule has 0 radical (unpaired) electrons. The number of carbonyl (C=O) groups excluding carboxylic acids is 3. The highest BCUT2D eigenvalue weighted by atomic mass is 32.2. The van der Waals surface area contributed by atoms with Gasteiger partial charge in [0.05, 0.1) is 25.3 Å². The molecule has 2 heterocycles. The van der Waals surface area contributed by atoms with E-state index in [0.717, 1.165) is 17.1 Å². The number of esters is 1. The molecule has 2 aliphatic carbocycles. The lowest BCUT2D eigenvalue weighted by Crippen LogP contribution is -2.54. The van der Waals surface area contributed by atoms with Gasteiger partial charge in [0.1, 0.15) is 6.04 Å². The van der Waals surface area contributed by atoms with Gasteiger partial charge in [-0.25, -0.2) is 18.1 Å². The highest BCUT2D eigenvalue weighted by Crippen LogP contribution is 2.70. The summed E-state index contributed by atoms with van der Waals surface area (Å²) in [7, 11) is -2.51. The van der Waals surface area contributed by atoms with Crippen LogP contribution in [0.25, 0.3) is 0 Å². The SMILES string of the molecule is COC(=O)C[C@@H]1NN(C(C)=O)[C@H](C(=O)N2[C@H]3C[C@@H]4CC[C@@]3(CS2(=O)=O)C4(C)C)[C@H]1C. The van der Waals surface area contributed by atoms with Crippen LogP contribution < -0.4 is 5.43 Å². The van der Waals surface area contributed by atoms with E-state index < -0.39 is 51.2 Å². The first-order chi connectivity index (χ1) is 13.9. The monoisotopic (exact) mass is 441 g/mol. The lowest BCUT2D eigenvalue weighted by molar-refractivity contribution is -0.144. The number of rotatable bonds is 3. The molecule has 30 heavy (non-hydrogen) atoms. The van der Waals surface area contributed by atoms with E-state index in [0.29, 0.717) is 12.3 Å². The van der Waals surface area contributed by atoms with Crippen molar-refractivity contribution in [1.82, 2.24) is 14.7 Å². The molecule has 2 bridgehead atoms. The Morgan fingerprint density at radius 2 is 1.90 bits per heavy atom. The molecule has 1 spiro atoms. The Morgan fingerprint density at radius 1 is 1.23 bits per heavy atom. The lowest BCUT2D eigenvalue weighted by Gasteiger charge is -2.38. The first-order valence-corrected chi connectivity index (χ1v) is 12.2. The molecule has 2 saturated heterocycles. The predicted octanol–water partition coefficient (Wildman–Crippen LogP) is 0.656. The molecule has 2 saturated carbocycles. The fourth-order valence-electron chi connectivity index (χ4n) is 6.66. The molecule has 1 N–H and O–H groups in total. The Balaban J connectivity index is 1.68. The fourth-order valence-corrected chi connectivity index (χ4v) is 9.21. The predicted molar refractivity (Wildman–Crippen MR) is 107 cm³/mol. The third kappa shape index (κ3) is 2.68. The number of hydrogen-bond donors (Lipinski definition) is 1. The van der Waals surface area contributed by atoms with E-state index in [2.05, 4.69) is 19.3 Å². The molecule has 2 amide bonds. The third-order valence-corrected chi connectivity index (χ3v) is 10.5. The number of methoxy groups -OCH3 is 1. The normalized spacial score (nSPS) is 40.5. The second kappa shape index (κ2) is 6.66. The zero-order valence-electron chi connectivity index (χ0n) is 18.2. The maximum atomic E-state index is 13.7. The molecule has 4 fully saturated rings. The van der Waals surface area contributed by atoms with E-state index in [9.17, 15) is 22.8 Å². The number of amides is 2. The molecule has 9 nitrogen and oxygen atoms in total. The summed E-state index contributed by atoms with van der Waals surface area (Å²) in [5.74, 6) is -1.49. The Hall–Kier alpha value is -1.68. The average Bonchev–Trinajstić information content (AvgIpc) is 3.25. The van der Waals surface area contributed by atoms with Gasteiger partial charge in [-0.3, -0.25) is 19.4 Å². The summed E-state index contributed by atoms with van der Waals surface area (Å²) < 4.78 is 32.3. The fraction of sp³-hybridized carbons (Fsp3) is 0.850. The van der Waals surface area contributed by atoms with Crippen molar-refractivity contribution >= 4 is 27.8 Å². The van der Waals surface area contributed by atoms with Crippen LogP contribution in [0.15, 0.2) is 0 Å². The van der Waals surface area contributed by atoms with Gasteiger partial charge in [0, 0.05) is 24.3 Å². The van der Waals surface area contributed by atoms with Crippen molar-refractivity contribution in [3.05, 3.63) is 0 Å². The van der Waals surface area contributed by atoms with Crippen LogP contribution in [0.3, 0.4) is 0 Å². The van der Waals surface area contributed by atoms with Crippen LogP contribution in [0.5, 0.6) is 0 Å². The van der Waals surface area contributed by atoms with Gasteiger partial charge in [-0.05, 0) is 30.6 Å². The number of carbonyl (C=O) groups is 3. The number of hydrazine groups is 1. The molecule has 6 atom stereocenters. The smallest absolute Gasteiger partial charge is 0.307 e. The summed E-state index contributed by atoms with van der Waals surface area (Å²) >= 11 is 0. The molecule has 0 aromatic carbocycles. The van der Waals surface area contributed by atoms with E-state index in [1.807, 2.05) is 0 Å². The molecule has 0 unspecified atom stereocenters. The van der Waals surface area contributed by atoms with E-state index >= 15 is 0 Å². The second-order valence-electron chi connectivity index (χ2n) is 9.96. The van der Waals surface area contributed by atoms with Crippen LogP contribution in [0.2, 0.25) is 0 Å². The largest absolute Gasteiger partial charge is 0.469 e. The Labute approximate surface area is 177 Å². The molecular formula is C20H31N3O6S. The summed E-state index contributed by atoms with van der Waals surface area (Å²) in [5.41, 5.74) is 2.37. The van der Waals surface area contributed by atoms with Crippen LogP contribution in [-0.4, -0.2) is 66.5 Å². The maximum absolute atomic E-state index is 13.7. The maximum Gasteiger partial charge on any atom is 0.307 e. The van der Waals surface area contributed by atoms with Crippen molar-refractivity contribution in [3.63, 3.8) is 0 Å². The van der Waals surface area contributed by atoms with E-state index in [1.54, 1.807) is 6.92 Å². The van der Waals surface area contributed by atoms with E-state index in [1.165, 1.54) is 19.0 Å². The number of sulfonamides is 1. The Kier molecular flexibility index (Phi) is 4.78. The van der Waals surface area contributed by atoms with Gasteiger partial charge >= 0.3 is 5.97 Å².